The molecule has 0 aliphatic carbocycles. The minimum atomic E-state index is -0.210. The smallest absolute Gasteiger partial charge is 0.252 e. The van der Waals surface area contributed by atoms with E-state index in [2.05, 4.69) is 20.7 Å². The summed E-state index contributed by atoms with van der Waals surface area (Å²) in [6, 6.07) is 13.2. The molecule has 0 saturated heterocycles. The third-order valence-electron chi connectivity index (χ3n) is 4.44. The van der Waals surface area contributed by atoms with Gasteiger partial charge in [0.1, 0.15) is 0 Å². The van der Waals surface area contributed by atoms with Crippen molar-refractivity contribution in [2.75, 3.05) is 13.1 Å². The number of benzene rings is 1. The van der Waals surface area contributed by atoms with Gasteiger partial charge in [0, 0.05) is 36.7 Å². The number of aryl methyl sites for hydroxylation is 1. The summed E-state index contributed by atoms with van der Waals surface area (Å²) in [5.74, 6) is -0.312. The van der Waals surface area contributed by atoms with E-state index >= 15 is 0 Å². The van der Waals surface area contributed by atoms with Crippen molar-refractivity contribution in [1.29, 1.82) is 0 Å². The summed E-state index contributed by atoms with van der Waals surface area (Å²) in [5.41, 5.74) is 4.16. The van der Waals surface area contributed by atoms with Gasteiger partial charge in [-0.3, -0.25) is 14.6 Å². The van der Waals surface area contributed by atoms with Crippen molar-refractivity contribution in [3.63, 3.8) is 0 Å². The molecule has 3 aromatic rings. The Bertz CT molecular complexity index is 952. The van der Waals surface area contributed by atoms with Crippen molar-refractivity contribution in [2.24, 2.45) is 0 Å². The normalized spacial score (nSPS) is 10.5. The van der Waals surface area contributed by atoms with Crippen LogP contribution in [0.15, 0.2) is 54.9 Å². The van der Waals surface area contributed by atoms with Crippen LogP contribution >= 0.6 is 0 Å². The van der Waals surface area contributed by atoms with Gasteiger partial charge in [0.05, 0.1) is 23.4 Å². The molecular weight excluding hydrogens is 354 g/mol. The van der Waals surface area contributed by atoms with E-state index in [0.717, 1.165) is 22.6 Å². The van der Waals surface area contributed by atoms with Gasteiger partial charge in [-0.05, 0) is 38.1 Å². The first-order valence-corrected chi connectivity index (χ1v) is 9.11. The number of hydrogen-bond acceptors (Lipinski definition) is 4. The predicted octanol–water partition coefficient (Wildman–Crippen LogP) is 1.97. The van der Waals surface area contributed by atoms with Crippen molar-refractivity contribution in [2.45, 2.75) is 20.3 Å². The molecule has 2 N–H and O–H groups in total. The highest BCUT2D eigenvalue weighted by molar-refractivity contribution is 5.93. The standard InChI is InChI=1S/C21H23N5O2/c1-15-19(16(2)26(25-15)18-8-4-3-5-9-18)13-20(27)23-11-12-24-21(28)17-7-6-10-22-14-17/h3-10,14H,11-13H2,1-2H3,(H,23,27)(H,24,28). The average Bonchev–Trinajstić information content (AvgIpc) is 3.00. The molecule has 2 heterocycles. The van der Waals surface area contributed by atoms with E-state index in [1.807, 2.05) is 48.9 Å². The van der Waals surface area contributed by atoms with E-state index in [-0.39, 0.29) is 18.2 Å². The monoisotopic (exact) mass is 377 g/mol. The van der Waals surface area contributed by atoms with Gasteiger partial charge in [0.2, 0.25) is 5.91 Å². The van der Waals surface area contributed by atoms with Gasteiger partial charge in [-0.1, -0.05) is 18.2 Å². The molecule has 144 valence electrons. The van der Waals surface area contributed by atoms with E-state index in [1.165, 1.54) is 6.20 Å². The minimum absolute atomic E-state index is 0.102. The van der Waals surface area contributed by atoms with Crippen molar-refractivity contribution in [3.8, 4) is 5.69 Å². The van der Waals surface area contributed by atoms with Gasteiger partial charge in [-0.2, -0.15) is 5.10 Å². The summed E-state index contributed by atoms with van der Waals surface area (Å²) < 4.78 is 1.85. The third kappa shape index (κ3) is 4.62. The van der Waals surface area contributed by atoms with Gasteiger partial charge >= 0.3 is 0 Å². The highest BCUT2D eigenvalue weighted by Gasteiger charge is 2.15. The average molecular weight is 377 g/mol. The maximum Gasteiger partial charge on any atom is 0.252 e. The van der Waals surface area contributed by atoms with Crippen molar-refractivity contribution < 1.29 is 9.59 Å². The molecule has 0 unspecified atom stereocenters. The molecule has 3 rings (SSSR count). The fourth-order valence-corrected chi connectivity index (χ4v) is 2.95. The van der Waals surface area contributed by atoms with Gasteiger partial charge in [-0.25, -0.2) is 4.68 Å². The maximum absolute atomic E-state index is 12.3. The Hall–Kier alpha value is -3.48. The lowest BCUT2D eigenvalue weighted by atomic mass is 10.1. The molecule has 0 radical (unpaired) electrons. The van der Waals surface area contributed by atoms with E-state index < -0.39 is 0 Å². The van der Waals surface area contributed by atoms with Gasteiger partial charge in [0.25, 0.3) is 5.91 Å². The molecule has 7 heteroatoms. The Kier molecular flexibility index (Phi) is 6.16. The van der Waals surface area contributed by atoms with Crippen LogP contribution in [-0.4, -0.2) is 39.7 Å². The summed E-state index contributed by atoms with van der Waals surface area (Å²) in [6.45, 7) is 4.57. The number of hydrogen-bond donors (Lipinski definition) is 2. The van der Waals surface area contributed by atoms with E-state index in [1.54, 1.807) is 18.3 Å². The van der Waals surface area contributed by atoms with Gasteiger partial charge < -0.3 is 10.6 Å². The van der Waals surface area contributed by atoms with E-state index in [4.69, 9.17) is 0 Å². The number of carbonyl (C=O) groups excluding carboxylic acids is 2. The molecule has 7 nitrogen and oxygen atoms in total. The van der Waals surface area contributed by atoms with Crippen molar-refractivity contribution in [3.05, 3.63) is 77.4 Å². The molecule has 0 saturated carbocycles. The number of pyridine rings is 1. The van der Waals surface area contributed by atoms with Crippen LogP contribution in [0.2, 0.25) is 0 Å². The summed E-state index contributed by atoms with van der Waals surface area (Å²) in [4.78, 5) is 28.1. The molecule has 0 fully saturated rings. The first-order chi connectivity index (χ1) is 13.6. The van der Waals surface area contributed by atoms with E-state index in [0.29, 0.717) is 18.7 Å². The number of aromatic nitrogens is 3. The van der Waals surface area contributed by atoms with Crippen LogP contribution in [0.4, 0.5) is 0 Å². The number of carbonyl (C=O) groups is 2. The summed E-state index contributed by atoms with van der Waals surface area (Å²) in [5, 5.41) is 10.2. The van der Waals surface area contributed by atoms with Crippen LogP contribution in [0.25, 0.3) is 5.69 Å². The Labute approximate surface area is 163 Å². The Morgan fingerprint density at radius 2 is 1.75 bits per heavy atom. The summed E-state index contributed by atoms with van der Waals surface area (Å²) >= 11 is 0. The van der Waals surface area contributed by atoms with Crippen LogP contribution in [-0.2, 0) is 11.2 Å². The zero-order chi connectivity index (χ0) is 19.9. The van der Waals surface area contributed by atoms with Crippen LogP contribution in [0, 0.1) is 13.8 Å². The number of nitrogens with zero attached hydrogens (tertiary/aromatic N) is 3. The second-order valence-corrected chi connectivity index (χ2v) is 6.42. The molecule has 0 aliphatic heterocycles. The lowest BCUT2D eigenvalue weighted by molar-refractivity contribution is -0.120. The van der Waals surface area contributed by atoms with Crippen LogP contribution in [0.5, 0.6) is 0 Å². The fraction of sp³-hybridized carbons (Fsp3) is 0.238. The lowest BCUT2D eigenvalue weighted by Crippen LogP contribution is -2.35. The van der Waals surface area contributed by atoms with Crippen molar-refractivity contribution in [1.82, 2.24) is 25.4 Å². The molecule has 2 aromatic heterocycles. The molecule has 0 spiro atoms. The Morgan fingerprint density at radius 3 is 2.46 bits per heavy atom. The quantitative estimate of drug-likeness (QED) is 0.616. The van der Waals surface area contributed by atoms with Gasteiger partial charge in [0.15, 0.2) is 0 Å². The van der Waals surface area contributed by atoms with Crippen LogP contribution in [0.1, 0.15) is 27.3 Å². The zero-order valence-electron chi connectivity index (χ0n) is 16.0. The highest BCUT2D eigenvalue weighted by Crippen LogP contribution is 2.18. The summed E-state index contributed by atoms with van der Waals surface area (Å²) in [6.07, 6.45) is 3.37. The molecule has 28 heavy (non-hydrogen) atoms. The highest BCUT2D eigenvalue weighted by atomic mass is 16.2. The number of amides is 2. The lowest BCUT2D eigenvalue weighted by Gasteiger charge is -2.08. The first-order valence-electron chi connectivity index (χ1n) is 9.11. The predicted molar refractivity (Wildman–Crippen MR) is 106 cm³/mol. The second-order valence-electron chi connectivity index (χ2n) is 6.42. The maximum atomic E-state index is 12.3. The molecule has 0 bridgehead atoms. The Balaban J connectivity index is 1.51. The molecule has 0 atom stereocenters. The topological polar surface area (TPSA) is 88.9 Å². The van der Waals surface area contributed by atoms with Gasteiger partial charge in [-0.15, -0.1) is 0 Å². The van der Waals surface area contributed by atoms with Crippen LogP contribution in [0.3, 0.4) is 0 Å². The Morgan fingerprint density at radius 1 is 1.00 bits per heavy atom. The molecule has 0 aliphatic rings. The molecule has 1 aromatic carbocycles. The number of para-hydroxylation sites is 1. The van der Waals surface area contributed by atoms with Crippen LogP contribution < -0.4 is 10.6 Å². The first kappa shape index (κ1) is 19.3. The van der Waals surface area contributed by atoms with Crippen molar-refractivity contribution >= 4 is 11.8 Å². The molecular formula is C21H23N5O2. The fourth-order valence-electron chi connectivity index (χ4n) is 2.95. The SMILES string of the molecule is Cc1nn(-c2ccccc2)c(C)c1CC(=O)NCCNC(=O)c1cccnc1. The second kappa shape index (κ2) is 8.94. The number of rotatable bonds is 7. The number of nitrogens with one attached hydrogen (secondary N) is 2. The minimum Gasteiger partial charge on any atom is -0.354 e. The summed E-state index contributed by atoms with van der Waals surface area (Å²) in [7, 11) is 0. The largest absolute Gasteiger partial charge is 0.354 e. The zero-order valence-corrected chi connectivity index (χ0v) is 16.0. The molecule has 2 amide bonds. The van der Waals surface area contributed by atoms with E-state index in [9.17, 15) is 9.59 Å². The third-order valence-corrected chi connectivity index (χ3v) is 4.44.